The third-order valence-corrected chi connectivity index (χ3v) is 2.88. The van der Waals surface area contributed by atoms with E-state index in [4.69, 9.17) is 5.73 Å². The van der Waals surface area contributed by atoms with Crippen LogP contribution in [0.2, 0.25) is 0 Å². The highest BCUT2D eigenvalue weighted by Crippen LogP contribution is 2.17. The molecule has 0 amide bonds. The van der Waals surface area contributed by atoms with Crippen LogP contribution in [0.4, 0.5) is 0 Å². The summed E-state index contributed by atoms with van der Waals surface area (Å²) in [4.78, 5) is 2.45. The van der Waals surface area contributed by atoms with Crippen molar-refractivity contribution in [2.45, 2.75) is 19.4 Å². The van der Waals surface area contributed by atoms with Gasteiger partial charge in [-0.2, -0.15) is 0 Å². The average molecular weight is 190 g/mol. The predicted octanol–water partition coefficient (Wildman–Crippen LogP) is 1.39. The van der Waals surface area contributed by atoms with Crippen molar-refractivity contribution in [1.82, 2.24) is 4.90 Å². The van der Waals surface area contributed by atoms with E-state index in [1.807, 2.05) is 0 Å². The van der Waals surface area contributed by atoms with Crippen LogP contribution < -0.4 is 5.73 Å². The molecule has 1 aromatic rings. The van der Waals surface area contributed by atoms with Gasteiger partial charge in [0.05, 0.1) is 0 Å². The fourth-order valence-electron chi connectivity index (χ4n) is 2.14. The Morgan fingerprint density at radius 3 is 2.79 bits per heavy atom. The molecule has 0 fully saturated rings. The third kappa shape index (κ3) is 2.14. The SMILES string of the molecule is NCCN1CCCc2ccccc2C1. The van der Waals surface area contributed by atoms with Crippen LogP contribution >= 0.6 is 0 Å². The van der Waals surface area contributed by atoms with Crippen molar-refractivity contribution >= 4 is 0 Å². The van der Waals surface area contributed by atoms with Crippen molar-refractivity contribution in [3.8, 4) is 0 Å². The van der Waals surface area contributed by atoms with Gasteiger partial charge in [-0.1, -0.05) is 24.3 Å². The minimum absolute atomic E-state index is 0.766. The number of rotatable bonds is 2. The zero-order chi connectivity index (χ0) is 9.80. The van der Waals surface area contributed by atoms with Gasteiger partial charge in [0, 0.05) is 19.6 Å². The number of benzene rings is 1. The summed E-state index contributed by atoms with van der Waals surface area (Å²) in [7, 11) is 0. The Balaban J connectivity index is 2.14. The van der Waals surface area contributed by atoms with E-state index in [0.717, 1.165) is 19.6 Å². The van der Waals surface area contributed by atoms with Gasteiger partial charge < -0.3 is 5.73 Å². The molecule has 0 aliphatic carbocycles. The molecule has 2 N–H and O–H groups in total. The Morgan fingerprint density at radius 2 is 2.00 bits per heavy atom. The Morgan fingerprint density at radius 1 is 1.21 bits per heavy atom. The van der Waals surface area contributed by atoms with Gasteiger partial charge in [0.25, 0.3) is 0 Å². The lowest BCUT2D eigenvalue weighted by Gasteiger charge is -2.18. The number of hydrogen-bond donors (Lipinski definition) is 1. The van der Waals surface area contributed by atoms with Crippen LogP contribution in [0.3, 0.4) is 0 Å². The monoisotopic (exact) mass is 190 g/mol. The lowest BCUT2D eigenvalue weighted by molar-refractivity contribution is 0.277. The van der Waals surface area contributed by atoms with Crippen LogP contribution in [0.5, 0.6) is 0 Å². The van der Waals surface area contributed by atoms with Gasteiger partial charge in [0.1, 0.15) is 0 Å². The van der Waals surface area contributed by atoms with Crippen LogP contribution in [0.25, 0.3) is 0 Å². The molecule has 0 aromatic heterocycles. The summed E-state index contributed by atoms with van der Waals surface area (Å²) in [6.07, 6.45) is 2.48. The van der Waals surface area contributed by atoms with E-state index in [-0.39, 0.29) is 0 Å². The molecule has 0 saturated carbocycles. The van der Waals surface area contributed by atoms with Crippen molar-refractivity contribution in [2.75, 3.05) is 19.6 Å². The average Bonchev–Trinajstić information content (AvgIpc) is 2.40. The molecule has 2 heteroatoms. The van der Waals surface area contributed by atoms with Crippen LogP contribution in [-0.2, 0) is 13.0 Å². The van der Waals surface area contributed by atoms with E-state index in [1.54, 1.807) is 0 Å². The second kappa shape index (κ2) is 4.58. The molecule has 0 bridgehead atoms. The van der Waals surface area contributed by atoms with Crippen LogP contribution in [0.1, 0.15) is 17.5 Å². The molecule has 0 radical (unpaired) electrons. The van der Waals surface area contributed by atoms with Crippen LogP contribution in [-0.4, -0.2) is 24.5 Å². The number of hydrogen-bond acceptors (Lipinski definition) is 2. The highest BCUT2D eigenvalue weighted by molar-refractivity contribution is 5.27. The molecular weight excluding hydrogens is 172 g/mol. The van der Waals surface area contributed by atoms with E-state index in [0.29, 0.717) is 0 Å². The summed E-state index contributed by atoms with van der Waals surface area (Å²) in [5.41, 5.74) is 8.59. The van der Waals surface area contributed by atoms with Gasteiger partial charge >= 0.3 is 0 Å². The fraction of sp³-hybridized carbons (Fsp3) is 0.500. The first-order chi connectivity index (χ1) is 6.90. The Bertz CT molecular complexity index is 296. The highest BCUT2D eigenvalue weighted by Gasteiger charge is 2.12. The molecule has 1 aromatic carbocycles. The van der Waals surface area contributed by atoms with Gasteiger partial charge in [0.2, 0.25) is 0 Å². The Kier molecular flexibility index (Phi) is 3.17. The lowest BCUT2D eigenvalue weighted by atomic mass is 10.0. The summed E-state index contributed by atoms with van der Waals surface area (Å²) in [5.74, 6) is 0. The zero-order valence-corrected chi connectivity index (χ0v) is 8.58. The maximum absolute atomic E-state index is 5.59. The molecule has 0 unspecified atom stereocenters. The zero-order valence-electron chi connectivity index (χ0n) is 8.58. The topological polar surface area (TPSA) is 29.3 Å². The van der Waals surface area contributed by atoms with Crippen molar-refractivity contribution in [1.29, 1.82) is 0 Å². The standard InChI is InChI=1S/C12H18N2/c13-7-9-14-8-3-6-11-4-1-2-5-12(11)10-14/h1-2,4-5H,3,6-10,13H2. The summed E-state index contributed by atoms with van der Waals surface area (Å²) in [6, 6.07) is 8.76. The molecule has 1 aliphatic heterocycles. The first-order valence-electron chi connectivity index (χ1n) is 5.39. The maximum Gasteiger partial charge on any atom is 0.0237 e. The summed E-state index contributed by atoms with van der Waals surface area (Å²) < 4.78 is 0. The van der Waals surface area contributed by atoms with Gasteiger partial charge in [-0.3, -0.25) is 4.90 Å². The first-order valence-corrected chi connectivity index (χ1v) is 5.39. The van der Waals surface area contributed by atoms with E-state index in [9.17, 15) is 0 Å². The lowest BCUT2D eigenvalue weighted by Crippen LogP contribution is -2.29. The molecule has 14 heavy (non-hydrogen) atoms. The van der Waals surface area contributed by atoms with Gasteiger partial charge in [-0.05, 0) is 30.5 Å². The highest BCUT2D eigenvalue weighted by atomic mass is 15.1. The van der Waals surface area contributed by atoms with Crippen molar-refractivity contribution in [2.24, 2.45) is 5.73 Å². The summed E-state index contributed by atoms with van der Waals surface area (Å²) in [6.45, 7) is 4.05. The minimum Gasteiger partial charge on any atom is -0.329 e. The predicted molar refractivity (Wildman–Crippen MR) is 59.1 cm³/mol. The largest absolute Gasteiger partial charge is 0.329 e. The Labute approximate surface area is 85.7 Å². The smallest absolute Gasteiger partial charge is 0.0237 e. The van der Waals surface area contributed by atoms with E-state index < -0.39 is 0 Å². The van der Waals surface area contributed by atoms with Gasteiger partial charge in [-0.25, -0.2) is 0 Å². The molecule has 0 spiro atoms. The van der Waals surface area contributed by atoms with Crippen molar-refractivity contribution in [3.63, 3.8) is 0 Å². The molecule has 0 saturated heterocycles. The number of aryl methyl sites for hydroxylation is 1. The van der Waals surface area contributed by atoms with E-state index in [1.165, 1.54) is 30.5 Å². The van der Waals surface area contributed by atoms with Crippen molar-refractivity contribution in [3.05, 3.63) is 35.4 Å². The van der Waals surface area contributed by atoms with Gasteiger partial charge in [0.15, 0.2) is 0 Å². The van der Waals surface area contributed by atoms with E-state index in [2.05, 4.69) is 29.2 Å². The molecule has 2 nitrogen and oxygen atoms in total. The molecule has 1 heterocycles. The Hall–Kier alpha value is -0.860. The molecule has 0 atom stereocenters. The van der Waals surface area contributed by atoms with Crippen LogP contribution in [0, 0.1) is 0 Å². The second-order valence-corrected chi connectivity index (χ2v) is 3.94. The number of fused-ring (bicyclic) bond motifs is 1. The molecule has 76 valence electrons. The fourth-order valence-corrected chi connectivity index (χ4v) is 2.14. The second-order valence-electron chi connectivity index (χ2n) is 3.94. The number of nitrogens with two attached hydrogens (primary N) is 1. The number of nitrogens with zero attached hydrogens (tertiary/aromatic N) is 1. The quantitative estimate of drug-likeness (QED) is 0.763. The van der Waals surface area contributed by atoms with Crippen molar-refractivity contribution < 1.29 is 0 Å². The normalized spacial score (nSPS) is 17.5. The van der Waals surface area contributed by atoms with Gasteiger partial charge in [-0.15, -0.1) is 0 Å². The third-order valence-electron chi connectivity index (χ3n) is 2.88. The molecule has 1 aliphatic rings. The maximum atomic E-state index is 5.59. The first kappa shape index (κ1) is 9.69. The van der Waals surface area contributed by atoms with Crippen LogP contribution in [0.15, 0.2) is 24.3 Å². The minimum atomic E-state index is 0.766. The summed E-state index contributed by atoms with van der Waals surface area (Å²) in [5, 5.41) is 0. The molecular formula is C12H18N2. The molecule has 2 rings (SSSR count). The summed E-state index contributed by atoms with van der Waals surface area (Å²) >= 11 is 0. The van der Waals surface area contributed by atoms with E-state index >= 15 is 0 Å².